The Labute approximate surface area is 187 Å². The van der Waals surface area contributed by atoms with Gasteiger partial charge in [-0.3, -0.25) is 14.2 Å². The molecule has 0 saturated heterocycles. The summed E-state index contributed by atoms with van der Waals surface area (Å²) in [6.07, 6.45) is 8.34. The first-order chi connectivity index (χ1) is 14.6. The summed E-state index contributed by atoms with van der Waals surface area (Å²) in [6.45, 7) is 10.6. The maximum Gasteiger partial charge on any atom is 0.334 e. The van der Waals surface area contributed by atoms with E-state index in [-0.39, 0.29) is 34.0 Å². The minimum absolute atomic E-state index is 0.0888. The zero-order chi connectivity index (χ0) is 22.6. The third kappa shape index (κ3) is 3.54. The van der Waals surface area contributed by atoms with E-state index in [1.165, 1.54) is 5.57 Å². The molecule has 6 heteroatoms. The molecule has 0 heterocycles. The molecule has 3 saturated carbocycles. The fraction of sp³-hybridized carbons (Fsp3) is 0.840. The Hall–Kier alpha value is -0.770. The number of hydrogen-bond donors (Lipinski definition) is 0. The Morgan fingerprint density at radius 2 is 1.77 bits per heavy atom. The van der Waals surface area contributed by atoms with Crippen LogP contribution in [0.2, 0.25) is 0 Å². The first-order valence-corrected chi connectivity index (χ1v) is 13.8. The highest BCUT2D eigenvalue weighted by atomic mass is 31.2. The second kappa shape index (κ2) is 8.22. The molecule has 0 N–H and O–H groups in total. The summed E-state index contributed by atoms with van der Waals surface area (Å²) < 4.78 is 25.4. The molecular formula is C25H39O5P. The monoisotopic (exact) mass is 450 g/mol. The van der Waals surface area contributed by atoms with Gasteiger partial charge in [0.2, 0.25) is 0 Å². The molecule has 4 aliphatic rings. The minimum atomic E-state index is -3.37. The lowest BCUT2D eigenvalue weighted by molar-refractivity contribution is -0.128. The third-order valence-electron chi connectivity index (χ3n) is 9.45. The van der Waals surface area contributed by atoms with Gasteiger partial charge in [0.25, 0.3) is 0 Å². The van der Waals surface area contributed by atoms with Crippen LogP contribution in [-0.4, -0.2) is 30.4 Å². The Balaban J connectivity index is 1.71. The largest absolute Gasteiger partial charge is 0.334 e. The molecule has 4 aliphatic carbocycles. The topological polar surface area (TPSA) is 69.7 Å². The van der Waals surface area contributed by atoms with E-state index in [0.717, 1.165) is 38.5 Å². The minimum Gasteiger partial charge on any atom is -0.309 e. The normalized spacial score (nSPS) is 42.4. The summed E-state index contributed by atoms with van der Waals surface area (Å²) in [4.78, 5) is 25.1. The summed E-state index contributed by atoms with van der Waals surface area (Å²) in [5.74, 6) is 1.49. The molecule has 0 amide bonds. The van der Waals surface area contributed by atoms with Crippen molar-refractivity contribution in [2.24, 2.45) is 34.5 Å². The van der Waals surface area contributed by atoms with Gasteiger partial charge in [0.15, 0.2) is 5.78 Å². The van der Waals surface area contributed by atoms with Gasteiger partial charge < -0.3 is 9.05 Å². The van der Waals surface area contributed by atoms with Crippen molar-refractivity contribution in [2.75, 3.05) is 13.2 Å². The van der Waals surface area contributed by atoms with Gasteiger partial charge in [-0.15, -0.1) is 0 Å². The van der Waals surface area contributed by atoms with E-state index in [4.69, 9.17) is 9.05 Å². The molecule has 7 atom stereocenters. The van der Waals surface area contributed by atoms with Crippen molar-refractivity contribution in [1.29, 1.82) is 0 Å². The fourth-order valence-electron chi connectivity index (χ4n) is 8.21. The SMILES string of the molecule is CCOP(=O)(OCC)C1CC2C3CCC4=CC(=O)CCC4(C)C3CCC2(C)C1C(C)=O. The van der Waals surface area contributed by atoms with Crippen molar-refractivity contribution < 1.29 is 23.2 Å². The highest BCUT2D eigenvalue weighted by Gasteiger charge is 2.65. The Kier molecular flexibility index (Phi) is 6.20. The molecule has 7 unspecified atom stereocenters. The highest BCUT2D eigenvalue weighted by molar-refractivity contribution is 7.54. The van der Waals surface area contributed by atoms with E-state index in [9.17, 15) is 14.2 Å². The quantitative estimate of drug-likeness (QED) is 0.467. The molecule has 0 spiro atoms. The van der Waals surface area contributed by atoms with Crippen molar-refractivity contribution in [2.45, 2.75) is 85.2 Å². The summed E-state index contributed by atoms with van der Waals surface area (Å²) in [7, 11) is -3.37. The van der Waals surface area contributed by atoms with Crippen LogP contribution in [0, 0.1) is 34.5 Å². The summed E-state index contributed by atoms with van der Waals surface area (Å²) in [6, 6.07) is 0. The third-order valence-corrected chi connectivity index (χ3v) is 12.0. The molecule has 0 aromatic heterocycles. The van der Waals surface area contributed by atoms with Crippen LogP contribution in [0.5, 0.6) is 0 Å². The molecule has 31 heavy (non-hydrogen) atoms. The molecule has 0 aromatic carbocycles. The number of hydrogen-bond acceptors (Lipinski definition) is 5. The number of carbonyl (C=O) groups excluding carboxylic acids is 2. The van der Waals surface area contributed by atoms with Crippen molar-refractivity contribution in [1.82, 2.24) is 0 Å². The molecule has 3 fully saturated rings. The average molecular weight is 451 g/mol. The molecule has 174 valence electrons. The smallest absolute Gasteiger partial charge is 0.309 e. The predicted octanol–water partition coefficient (Wildman–Crippen LogP) is 5.97. The van der Waals surface area contributed by atoms with E-state index >= 15 is 0 Å². The van der Waals surface area contributed by atoms with Crippen LogP contribution in [-0.2, 0) is 23.2 Å². The molecule has 0 aliphatic heterocycles. The van der Waals surface area contributed by atoms with Gasteiger partial charge in [0.05, 0.1) is 18.9 Å². The lowest BCUT2D eigenvalue weighted by Gasteiger charge is -2.58. The van der Waals surface area contributed by atoms with Gasteiger partial charge in [0.1, 0.15) is 5.78 Å². The molecule has 0 bridgehead atoms. The van der Waals surface area contributed by atoms with Gasteiger partial charge in [-0.25, -0.2) is 0 Å². The van der Waals surface area contributed by atoms with Crippen molar-refractivity contribution in [3.05, 3.63) is 11.6 Å². The van der Waals surface area contributed by atoms with E-state index in [0.29, 0.717) is 37.4 Å². The van der Waals surface area contributed by atoms with Gasteiger partial charge >= 0.3 is 7.60 Å². The number of carbonyl (C=O) groups is 2. The maximum absolute atomic E-state index is 13.9. The Morgan fingerprint density at radius 3 is 2.39 bits per heavy atom. The summed E-state index contributed by atoms with van der Waals surface area (Å²) in [5.41, 5.74) is 0.923. The standard InChI is InChI=1S/C25H39O5P/c1-6-29-31(28,30-7-2)22-15-21-19-9-8-17-14-18(27)10-12-24(17,4)20(19)11-13-25(21,5)23(22)16(3)26/h14,19-23H,6-13,15H2,1-5H3. The van der Waals surface area contributed by atoms with Gasteiger partial charge in [-0.05, 0) is 94.0 Å². The summed E-state index contributed by atoms with van der Waals surface area (Å²) >= 11 is 0. The molecular weight excluding hydrogens is 411 g/mol. The van der Waals surface area contributed by atoms with Gasteiger partial charge in [-0.1, -0.05) is 19.4 Å². The number of Topliss-reactive ketones (excluding diaryl/α,β-unsaturated/α-hetero) is 1. The lowest BCUT2D eigenvalue weighted by Crippen LogP contribution is -2.51. The molecule has 0 radical (unpaired) electrons. The molecule has 4 rings (SSSR count). The van der Waals surface area contributed by atoms with Crippen molar-refractivity contribution >= 4 is 19.2 Å². The number of allylic oxidation sites excluding steroid dienone is 1. The Morgan fingerprint density at radius 1 is 1.10 bits per heavy atom. The van der Waals surface area contributed by atoms with Crippen LogP contribution in [0.3, 0.4) is 0 Å². The zero-order valence-electron chi connectivity index (χ0n) is 19.8. The van der Waals surface area contributed by atoms with Crippen molar-refractivity contribution in [3.63, 3.8) is 0 Å². The Bertz CT molecular complexity index is 824. The van der Waals surface area contributed by atoms with E-state index in [1.807, 2.05) is 19.9 Å². The van der Waals surface area contributed by atoms with E-state index in [1.54, 1.807) is 6.92 Å². The maximum atomic E-state index is 13.9. The number of rotatable bonds is 6. The molecule has 5 nitrogen and oxygen atoms in total. The van der Waals surface area contributed by atoms with Gasteiger partial charge in [-0.2, -0.15) is 0 Å². The first kappa shape index (κ1) is 23.4. The zero-order valence-corrected chi connectivity index (χ0v) is 20.7. The second-order valence-electron chi connectivity index (χ2n) is 10.8. The fourth-order valence-corrected chi connectivity index (χ4v) is 10.8. The average Bonchev–Trinajstić information content (AvgIpc) is 3.03. The van der Waals surface area contributed by atoms with E-state index in [2.05, 4.69) is 13.8 Å². The highest BCUT2D eigenvalue weighted by Crippen LogP contribution is 2.72. The number of fused-ring (bicyclic) bond motifs is 5. The summed E-state index contributed by atoms with van der Waals surface area (Å²) in [5, 5.41) is 0. The second-order valence-corrected chi connectivity index (χ2v) is 13.0. The lowest BCUT2D eigenvalue weighted by atomic mass is 9.46. The van der Waals surface area contributed by atoms with Crippen LogP contribution >= 0.6 is 7.60 Å². The predicted molar refractivity (Wildman–Crippen MR) is 121 cm³/mol. The van der Waals surface area contributed by atoms with Crippen LogP contribution in [0.25, 0.3) is 0 Å². The van der Waals surface area contributed by atoms with Gasteiger partial charge in [0, 0.05) is 12.3 Å². The van der Waals surface area contributed by atoms with Crippen LogP contribution in [0.15, 0.2) is 11.6 Å². The van der Waals surface area contributed by atoms with Crippen LogP contribution < -0.4 is 0 Å². The number of ketones is 2. The van der Waals surface area contributed by atoms with Crippen LogP contribution in [0.4, 0.5) is 0 Å². The van der Waals surface area contributed by atoms with E-state index < -0.39 is 7.60 Å². The van der Waals surface area contributed by atoms with Crippen LogP contribution in [0.1, 0.15) is 79.6 Å². The molecule has 0 aromatic rings. The first-order valence-electron chi connectivity index (χ1n) is 12.2. The van der Waals surface area contributed by atoms with Crippen molar-refractivity contribution in [3.8, 4) is 0 Å².